The Kier molecular flexibility index (Phi) is 4.68. The van der Waals surface area contributed by atoms with Gasteiger partial charge >= 0.3 is 0 Å². The number of amides is 1. The van der Waals surface area contributed by atoms with Gasteiger partial charge in [0.15, 0.2) is 0 Å². The second-order valence-electron chi connectivity index (χ2n) is 2.98. The molecule has 17 heavy (non-hydrogen) atoms. The van der Waals surface area contributed by atoms with Gasteiger partial charge in [-0.1, -0.05) is 5.11 Å². The summed E-state index contributed by atoms with van der Waals surface area (Å²) in [6.07, 6.45) is 4.60. The highest BCUT2D eigenvalue weighted by Crippen LogP contribution is 2.10. The van der Waals surface area contributed by atoms with Crippen molar-refractivity contribution in [2.75, 3.05) is 14.2 Å². The third-order valence-corrected chi connectivity index (χ3v) is 1.94. The van der Waals surface area contributed by atoms with Crippen molar-refractivity contribution in [2.45, 2.75) is 0 Å². The van der Waals surface area contributed by atoms with Crippen LogP contribution in [0.3, 0.4) is 0 Å². The van der Waals surface area contributed by atoms with Crippen LogP contribution in [0.2, 0.25) is 0 Å². The molecule has 0 bridgehead atoms. The maximum absolute atomic E-state index is 11.7. The number of nitrogens with zero attached hydrogens (tertiary/aromatic N) is 5. The predicted octanol–water partition coefficient (Wildman–Crippen LogP) is 1.75. The van der Waals surface area contributed by atoms with Crippen molar-refractivity contribution in [3.63, 3.8) is 0 Å². The maximum Gasteiger partial charge on any atom is 0.279 e. The number of rotatable bonds is 4. The smallest absolute Gasteiger partial charge is 0.274 e. The third-order valence-electron chi connectivity index (χ3n) is 1.94. The van der Waals surface area contributed by atoms with Gasteiger partial charge in [-0.05, 0) is 29.3 Å². The number of carbonyl (C=O) groups excluding carboxylic acids is 1. The number of aromatic nitrogens is 1. The van der Waals surface area contributed by atoms with Crippen LogP contribution in [-0.4, -0.2) is 30.1 Å². The van der Waals surface area contributed by atoms with E-state index in [1.807, 2.05) is 0 Å². The minimum atomic E-state index is -0.526. The highest BCUT2D eigenvalue weighted by atomic mass is 16.7. The minimum Gasteiger partial charge on any atom is -0.274 e. The van der Waals surface area contributed by atoms with Gasteiger partial charge in [0, 0.05) is 24.4 Å². The molecule has 1 heterocycles. The van der Waals surface area contributed by atoms with Crippen LogP contribution in [0.25, 0.3) is 16.5 Å². The Morgan fingerprint density at radius 1 is 1.59 bits per heavy atom. The average molecular weight is 233 g/mol. The lowest BCUT2D eigenvalue weighted by Crippen LogP contribution is -2.26. The summed E-state index contributed by atoms with van der Waals surface area (Å²) in [5, 5.41) is 4.31. The second kappa shape index (κ2) is 6.26. The molecule has 1 amide bonds. The Morgan fingerprint density at radius 3 is 2.76 bits per heavy atom. The predicted molar refractivity (Wildman–Crippen MR) is 61.1 cm³/mol. The fraction of sp³-hybridized carbons (Fsp3) is 0.200. The van der Waals surface area contributed by atoms with Crippen LogP contribution in [0.5, 0.6) is 0 Å². The van der Waals surface area contributed by atoms with Gasteiger partial charge in [-0.25, -0.2) is 5.06 Å². The quantitative estimate of drug-likeness (QED) is 0.261. The number of hydroxylamine groups is 2. The summed E-state index contributed by atoms with van der Waals surface area (Å²) in [6.45, 7) is 0. The van der Waals surface area contributed by atoms with Crippen LogP contribution in [0.1, 0.15) is 5.56 Å². The molecule has 0 aromatic carbocycles. The normalized spacial score (nSPS) is 10.6. The molecule has 0 saturated carbocycles. The zero-order valence-corrected chi connectivity index (χ0v) is 9.44. The van der Waals surface area contributed by atoms with Gasteiger partial charge in [-0.2, -0.15) is 0 Å². The maximum atomic E-state index is 11.7. The highest BCUT2D eigenvalue weighted by Gasteiger charge is 2.13. The summed E-state index contributed by atoms with van der Waals surface area (Å²) in [4.78, 5) is 22.9. The van der Waals surface area contributed by atoms with Gasteiger partial charge in [-0.15, -0.1) is 0 Å². The first-order valence-corrected chi connectivity index (χ1v) is 4.68. The first kappa shape index (κ1) is 12.7. The summed E-state index contributed by atoms with van der Waals surface area (Å²) in [7, 11) is 2.77. The largest absolute Gasteiger partial charge is 0.279 e. The Labute approximate surface area is 97.9 Å². The fourth-order valence-electron chi connectivity index (χ4n) is 1.04. The van der Waals surface area contributed by atoms with E-state index in [0.717, 1.165) is 5.06 Å². The number of likely N-dealkylation sites (N-methyl/N-ethyl adjacent to an activating group) is 1. The van der Waals surface area contributed by atoms with Crippen molar-refractivity contribution in [1.82, 2.24) is 10.0 Å². The zero-order valence-electron chi connectivity index (χ0n) is 9.44. The van der Waals surface area contributed by atoms with Gasteiger partial charge in [0.2, 0.25) is 0 Å². The van der Waals surface area contributed by atoms with E-state index in [0.29, 0.717) is 5.56 Å². The topological polar surface area (TPSA) is 91.2 Å². The van der Waals surface area contributed by atoms with Crippen LogP contribution in [0, 0.1) is 0 Å². The number of hydrogen-bond acceptors (Lipinski definition) is 4. The molecule has 0 aliphatic heterocycles. The number of hydrogen-bond donors (Lipinski definition) is 0. The van der Waals surface area contributed by atoms with Gasteiger partial charge < -0.3 is 0 Å². The van der Waals surface area contributed by atoms with Crippen LogP contribution in [0.4, 0.5) is 0 Å². The molecule has 88 valence electrons. The van der Waals surface area contributed by atoms with E-state index in [9.17, 15) is 4.79 Å². The lowest BCUT2D eigenvalue weighted by Gasteiger charge is -2.13. The number of azide groups is 1. The van der Waals surface area contributed by atoms with E-state index < -0.39 is 5.91 Å². The van der Waals surface area contributed by atoms with Crippen LogP contribution >= 0.6 is 0 Å². The summed E-state index contributed by atoms with van der Waals surface area (Å²) in [5.74, 6) is -0.526. The molecule has 0 N–H and O–H groups in total. The molecule has 0 unspecified atom stereocenters. The molecule has 0 radical (unpaired) electrons. The summed E-state index contributed by atoms with van der Waals surface area (Å²) in [5.41, 5.74) is 9.07. The van der Waals surface area contributed by atoms with E-state index in [1.165, 1.54) is 20.2 Å². The minimum absolute atomic E-state index is 0.0527. The SMILES string of the molecule is CON(C)C(=O)/C(=C/c1ccncc1)N=[N+]=[N-]. The van der Waals surface area contributed by atoms with Crippen LogP contribution < -0.4 is 0 Å². The number of pyridine rings is 1. The Balaban J connectivity index is 3.06. The van der Waals surface area contributed by atoms with E-state index in [1.54, 1.807) is 24.5 Å². The molecule has 7 heteroatoms. The van der Waals surface area contributed by atoms with Crippen LogP contribution in [0.15, 0.2) is 35.3 Å². The zero-order chi connectivity index (χ0) is 12.7. The Morgan fingerprint density at radius 2 is 2.24 bits per heavy atom. The second-order valence-corrected chi connectivity index (χ2v) is 2.98. The average Bonchev–Trinajstić information content (AvgIpc) is 2.37. The van der Waals surface area contributed by atoms with Gasteiger partial charge in [0.25, 0.3) is 5.91 Å². The lowest BCUT2D eigenvalue weighted by molar-refractivity contribution is -0.163. The Bertz CT molecular complexity index is 465. The number of carbonyl (C=O) groups is 1. The molecular weight excluding hydrogens is 222 g/mol. The van der Waals surface area contributed by atoms with Crippen molar-refractivity contribution >= 4 is 12.0 Å². The van der Waals surface area contributed by atoms with Gasteiger partial charge in [0.05, 0.1) is 7.11 Å². The molecule has 1 rings (SSSR count). The molecule has 0 saturated heterocycles. The Hall–Kier alpha value is -2.37. The standard InChI is InChI=1S/C10H11N5O2/c1-15(17-2)10(16)9(13-14-11)7-8-3-5-12-6-4-8/h3-7H,1-2H3/b9-7-. The van der Waals surface area contributed by atoms with E-state index >= 15 is 0 Å². The third kappa shape index (κ3) is 3.60. The van der Waals surface area contributed by atoms with Crippen LogP contribution in [-0.2, 0) is 9.63 Å². The van der Waals surface area contributed by atoms with Crippen molar-refractivity contribution in [2.24, 2.45) is 5.11 Å². The van der Waals surface area contributed by atoms with Crippen molar-refractivity contribution in [1.29, 1.82) is 0 Å². The van der Waals surface area contributed by atoms with E-state index in [2.05, 4.69) is 15.0 Å². The molecule has 1 aromatic rings. The monoisotopic (exact) mass is 233 g/mol. The van der Waals surface area contributed by atoms with E-state index in [-0.39, 0.29) is 5.70 Å². The highest BCUT2D eigenvalue weighted by molar-refractivity contribution is 5.96. The summed E-state index contributed by atoms with van der Waals surface area (Å²) >= 11 is 0. The first-order valence-electron chi connectivity index (χ1n) is 4.68. The van der Waals surface area contributed by atoms with Gasteiger partial charge in [0.1, 0.15) is 5.70 Å². The molecule has 0 fully saturated rings. The summed E-state index contributed by atoms with van der Waals surface area (Å²) < 4.78 is 0. The molecule has 1 aromatic heterocycles. The lowest BCUT2D eigenvalue weighted by atomic mass is 10.2. The fourth-order valence-corrected chi connectivity index (χ4v) is 1.04. The van der Waals surface area contributed by atoms with Crippen molar-refractivity contribution in [3.05, 3.63) is 46.2 Å². The molecule has 0 aliphatic rings. The molecule has 0 spiro atoms. The molecule has 0 atom stereocenters. The molecule has 7 nitrogen and oxygen atoms in total. The van der Waals surface area contributed by atoms with Crippen molar-refractivity contribution < 1.29 is 9.63 Å². The first-order chi connectivity index (χ1) is 8.19. The van der Waals surface area contributed by atoms with E-state index in [4.69, 9.17) is 10.4 Å². The van der Waals surface area contributed by atoms with Gasteiger partial charge in [-0.3, -0.25) is 14.6 Å². The summed E-state index contributed by atoms with van der Waals surface area (Å²) in [6, 6.07) is 3.37. The van der Waals surface area contributed by atoms with Crippen molar-refractivity contribution in [3.8, 4) is 0 Å². The molecular formula is C10H11N5O2. The molecule has 0 aliphatic carbocycles.